The normalized spacial score (nSPS) is 12.1. The fourth-order valence-corrected chi connectivity index (χ4v) is 3.10. The first kappa shape index (κ1) is 16.4. The molecule has 3 aromatic rings. The van der Waals surface area contributed by atoms with E-state index in [0.717, 1.165) is 10.7 Å². The molecule has 0 aliphatic carbocycles. The van der Waals surface area contributed by atoms with Crippen molar-refractivity contribution in [2.24, 2.45) is 0 Å². The molecule has 5 nitrogen and oxygen atoms in total. The lowest BCUT2D eigenvalue weighted by Crippen LogP contribution is -2.23. The molecule has 0 bridgehead atoms. The van der Waals surface area contributed by atoms with Crippen molar-refractivity contribution in [2.75, 3.05) is 6.61 Å². The Morgan fingerprint density at radius 1 is 1.38 bits per heavy atom. The summed E-state index contributed by atoms with van der Waals surface area (Å²) in [6, 6.07) is 10.9. The van der Waals surface area contributed by atoms with Gasteiger partial charge in [-0.1, -0.05) is 18.2 Å². The summed E-state index contributed by atoms with van der Waals surface area (Å²) >= 11 is 1.61. The van der Waals surface area contributed by atoms with Crippen molar-refractivity contribution in [1.29, 1.82) is 0 Å². The summed E-state index contributed by atoms with van der Waals surface area (Å²) < 4.78 is 7.51. The number of Topliss-reactive ketones (excluding diaryl/α,β-unsaturated/α-hetero) is 1. The quantitative estimate of drug-likeness (QED) is 0.670. The second-order valence-corrected chi connectivity index (χ2v) is 6.38. The Labute approximate surface area is 144 Å². The van der Waals surface area contributed by atoms with Crippen molar-refractivity contribution >= 4 is 17.1 Å². The highest BCUT2D eigenvalue weighted by Gasteiger charge is 2.12. The molecule has 3 rings (SSSR count). The minimum atomic E-state index is -0.682. The number of ether oxygens (including phenoxy) is 1. The number of nitrogens with zero attached hydrogens (tertiary/aromatic N) is 2. The highest BCUT2D eigenvalue weighted by atomic mass is 32.1. The number of thiophene rings is 1. The Morgan fingerprint density at radius 2 is 2.25 bits per heavy atom. The van der Waals surface area contributed by atoms with Crippen LogP contribution in [0.1, 0.15) is 17.3 Å². The summed E-state index contributed by atoms with van der Waals surface area (Å²) in [5.41, 5.74) is 0.594. The standard InChI is InChI=1S/C18H18N2O3S/c1-13(21)14-4-2-5-16(10-14)23-12-15(22)11-20-8-7-19-18(20)17-6-3-9-24-17/h2-10,15,22H,11-12H2,1H3. The number of hydrogen-bond donors (Lipinski definition) is 1. The van der Waals surface area contributed by atoms with E-state index in [1.54, 1.807) is 41.8 Å². The third kappa shape index (κ3) is 3.90. The van der Waals surface area contributed by atoms with Gasteiger partial charge in [0.1, 0.15) is 24.3 Å². The van der Waals surface area contributed by atoms with Gasteiger partial charge in [0.2, 0.25) is 0 Å². The molecule has 6 heteroatoms. The number of aliphatic hydroxyl groups is 1. The summed E-state index contributed by atoms with van der Waals surface area (Å²) in [5.74, 6) is 1.40. The van der Waals surface area contributed by atoms with E-state index in [9.17, 15) is 9.90 Å². The number of aliphatic hydroxyl groups excluding tert-OH is 1. The van der Waals surface area contributed by atoms with Gasteiger partial charge in [0.05, 0.1) is 11.4 Å². The minimum Gasteiger partial charge on any atom is -0.491 e. The van der Waals surface area contributed by atoms with E-state index in [1.165, 1.54) is 6.92 Å². The second-order valence-electron chi connectivity index (χ2n) is 5.43. The number of ketones is 1. The van der Waals surface area contributed by atoms with Crippen molar-refractivity contribution in [1.82, 2.24) is 9.55 Å². The first-order valence-corrected chi connectivity index (χ1v) is 8.48. The van der Waals surface area contributed by atoms with E-state index in [-0.39, 0.29) is 12.4 Å². The lowest BCUT2D eigenvalue weighted by Gasteiger charge is -2.14. The molecule has 124 valence electrons. The fourth-order valence-electron chi connectivity index (χ4n) is 2.36. The topological polar surface area (TPSA) is 64.3 Å². The van der Waals surface area contributed by atoms with E-state index in [1.807, 2.05) is 28.3 Å². The molecule has 0 radical (unpaired) electrons. The monoisotopic (exact) mass is 342 g/mol. The molecule has 0 aliphatic rings. The van der Waals surface area contributed by atoms with Gasteiger partial charge in [-0.3, -0.25) is 4.79 Å². The molecule has 0 spiro atoms. The Kier molecular flexibility index (Phi) is 5.08. The van der Waals surface area contributed by atoms with Crippen LogP contribution < -0.4 is 4.74 Å². The predicted molar refractivity (Wildman–Crippen MR) is 93.5 cm³/mol. The van der Waals surface area contributed by atoms with Crippen molar-refractivity contribution < 1.29 is 14.6 Å². The lowest BCUT2D eigenvalue weighted by atomic mass is 10.1. The van der Waals surface area contributed by atoms with Crippen LogP contribution >= 0.6 is 11.3 Å². The van der Waals surface area contributed by atoms with Crippen LogP contribution in [-0.2, 0) is 6.54 Å². The van der Waals surface area contributed by atoms with Gasteiger partial charge in [-0.05, 0) is 30.5 Å². The first-order chi connectivity index (χ1) is 11.6. The number of carbonyl (C=O) groups is 1. The Balaban J connectivity index is 1.61. The number of imidazole rings is 1. The lowest BCUT2D eigenvalue weighted by molar-refractivity contribution is 0.0927. The SMILES string of the molecule is CC(=O)c1cccc(OCC(O)Cn2ccnc2-c2cccs2)c1. The molecule has 1 atom stereocenters. The van der Waals surface area contributed by atoms with Crippen molar-refractivity contribution in [3.05, 3.63) is 59.7 Å². The zero-order valence-corrected chi connectivity index (χ0v) is 14.1. The summed E-state index contributed by atoms with van der Waals surface area (Å²) in [6.45, 7) is 2.04. The molecule has 2 aromatic heterocycles. The highest BCUT2D eigenvalue weighted by molar-refractivity contribution is 7.13. The zero-order valence-electron chi connectivity index (χ0n) is 13.3. The van der Waals surface area contributed by atoms with Crippen molar-refractivity contribution in [2.45, 2.75) is 19.6 Å². The molecule has 0 saturated heterocycles. The molecular formula is C18H18N2O3S. The number of carbonyl (C=O) groups excluding carboxylic acids is 1. The average molecular weight is 342 g/mol. The summed E-state index contributed by atoms with van der Waals surface area (Å²) in [7, 11) is 0. The third-order valence-corrected chi connectivity index (χ3v) is 4.41. The third-order valence-electron chi connectivity index (χ3n) is 3.55. The van der Waals surface area contributed by atoms with Gasteiger partial charge in [0, 0.05) is 18.0 Å². The maximum Gasteiger partial charge on any atom is 0.159 e. The van der Waals surface area contributed by atoms with E-state index in [4.69, 9.17) is 4.74 Å². The maximum atomic E-state index is 11.4. The second kappa shape index (κ2) is 7.42. The minimum absolute atomic E-state index is 0.0139. The van der Waals surface area contributed by atoms with Gasteiger partial charge in [0.15, 0.2) is 5.78 Å². The van der Waals surface area contributed by atoms with E-state index in [2.05, 4.69) is 4.98 Å². The molecule has 24 heavy (non-hydrogen) atoms. The summed E-state index contributed by atoms with van der Waals surface area (Å²) in [5, 5.41) is 12.2. The molecular weight excluding hydrogens is 324 g/mol. The zero-order chi connectivity index (χ0) is 16.9. The van der Waals surface area contributed by atoms with Gasteiger partial charge in [-0.15, -0.1) is 11.3 Å². The van der Waals surface area contributed by atoms with Crippen LogP contribution in [0.15, 0.2) is 54.2 Å². The fraction of sp³-hybridized carbons (Fsp3) is 0.222. The summed E-state index contributed by atoms with van der Waals surface area (Å²) in [6.07, 6.45) is 2.88. The van der Waals surface area contributed by atoms with Gasteiger partial charge in [-0.2, -0.15) is 0 Å². The summed E-state index contributed by atoms with van der Waals surface area (Å²) in [4.78, 5) is 16.8. The van der Waals surface area contributed by atoms with Gasteiger partial charge < -0.3 is 14.4 Å². The van der Waals surface area contributed by atoms with Gasteiger partial charge in [-0.25, -0.2) is 4.98 Å². The Bertz CT molecular complexity index is 811. The highest BCUT2D eigenvalue weighted by Crippen LogP contribution is 2.23. The van der Waals surface area contributed by atoms with Gasteiger partial charge in [0.25, 0.3) is 0 Å². The van der Waals surface area contributed by atoms with Crippen LogP contribution in [-0.4, -0.2) is 33.2 Å². The molecule has 1 N–H and O–H groups in total. The first-order valence-electron chi connectivity index (χ1n) is 7.60. The molecule has 1 unspecified atom stereocenters. The number of benzene rings is 1. The maximum absolute atomic E-state index is 11.4. The van der Waals surface area contributed by atoms with E-state index < -0.39 is 6.10 Å². The van der Waals surface area contributed by atoms with Crippen LogP contribution in [0.2, 0.25) is 0 Å². The van der Waals surface area contributed by atoms with Crippen molar-refractivity contribution in [3.63, 3.8) is 0 Å². The number of rotatable bonds is 7. The van der Waals surface area contributed by atoms with Crippen LogP contribution in [0.3, 0.4) is 0 Å². The van der Waals surface area contributed by atoms with Crippen LogP contribution in [0.4, 0.5) is 0 Å². The molecule has 0 saturated carbocycles. The Hall–Kier alpha value is -2.44. The van der Waals surface area contributed by atoms with Crippen LogP contribution in [0, 0.1) is 0 Å². The molecule has 0 fully saturated rings. The van der Waals surface area contributed by atoms with Crippen LogP contribution in [0.5, 0.6) is 5.75 Å². The van der Waals surface area contributed by atoms with Crippen molar-refractivity contribution in [3.8, 4) is 16.5 Å². The molecule has 0 amide bonds. The number of aromatic nitrogens is 2. The largest absolute Gasteiger partial charge is 0.491 e. The number of hydrogen-bond acceptors (Lipinski definition) is 5. The van der Waals surface area contributed by atoms with Crippen LogP contribution in [0.25, 0.3) is 10.7 Å². The molecule has 2 heterocycles. The average Bonchev–Trinajstić information content (AvgIpc) is 3.24. The van der Waals surface area contributed by atoms with Gasteiger partial charge >= 0.3 is 0 Å². The van der Waals surface area contributed by atoms with E-state index in [0.29, 0.717) is 17.9 Å². The Morgan fingerprint density at radius 3 is 3.00 bits per heavy atom. The molecule has 0 aliphatic heterocycles. The smallest absolute Gasteiger partial charge is 0.159 e. The van der Waals surface area contributed by atoms with E-state index >= 15 is 0 Å². The molecule has 1 aromatic carbocycles. The predicted octanol–water partition coefficient (Wildman–Crippen LogP) is 3.25.